The molecule has 1 fully saturated rings. The summed E-state index contributed by atoms with van der Waals surface area (Å²) < 4.78 is 49.1. The van der Waals surface area contributed by atoms with Gasteiger partial charge in [0, 0.05) is 25.4 Å². The number of pyridine rings is 1. The standard InChI is InChI=1S/C17H18F3N3O3/c1-11-9-14(22-26-11)16(24)23-7-4-12(5-8-23)10-25-15-13(17(18,19)20)3-2-6-21-15/h2-3,6,9,12H,4-5,7-8,10H2,1H3. The number of rotatable bonds is 4. The Morgan fingerprint density at radius 3 is 2.73 bits per heavy atom. The average molecular weight is 369 g/mol. The number of hydrogen-bond donors (Lipinski definition) is 0. The number of carbonyl (C=O) groups excluding carboxylic acids is 1. The topological polar surface area (TPSA) is 68.5 Å². The van der Waals surface area contributed by atoms with E-state index in [0.717, 1.165) is 6.07 Å². The third kappa shape index (κ3) is 4.14. The van der Waals surface area contributed by atoms with E-state index >= 15 is 0 Å². The van der Waals surface area contributed by atoms with Crippen molar-refractivity contribution < 1.29 is 27.2 Å². The van der Waals surface area contributed by atoms with Gasteiger partial charge in [-0.3, -0.25) is 4.79 Å². The van der Waals surface area contributed by atoms with Crippen LogP contribution in [0.5, 0.6) is 5.88 Å². The Kier molecular flexibility index (Phi) is 5.15. The van der Waals surface area contributed by atoms with E-state index in [1.54, 1.807) is 17.9 Å². The summed E-state index contributed by atoms with van der Waals surface area (Å²) >= 11 is 0. The maximum absolute atomic E-state index is 12.9. The number of alkyl halides is 3. The van der Waals surface area contributed by atoms with Crippen LogP contribution in [0.15, 0.2) is 28.9 Å². The quantitative estimate of drug-likeness (QED) is 0.827. The fourth-order valence-corrected chi connectivity index (χ4v) is 2.85. The molecule has 1 amide bonds. The first-order chi connectivity index (χ1) is 12.3. The molecule has 9 heteroatoms. The van der Waals surface area contributed by atoms with Crippen LogP contribution < -0.4 is 4.74 Å². The van der Waals surface area contributed by atoms with E-state index in [1.165, 1.54) is 12.3 Å². The van der Waals surface area contributed by atoms with Crippen LogP contribution in [0.2, 0.25) is 0 Å². The number of aromatic nitrogens is 2. The fraction of sp³-hybridized carbons (Fsp3) is 0.471. The minimum absolute atomic E-state index is 0.0567. The lowest BCUT2D eigenvalue weighted by molar-refractivity contribution is -0.139. The summed E-state index contributed by atoms with van der Waals surface area (Å²) in [6.07, 6.45) is -1.96. The van der Waals surface area contributed by atoms with Crippen molar-refractivity contribution in [3.63, 3.8) is 0 Å². The third-order valence-electron chi connectivity index (χ3n) is 4.28. The molecule has 6 nitrogen and oxygen atoms in total. The van der Waals surface area contributed by atoms with Gasteiger partial charge in [-0.15, -0.1) is 0 Å². The van der Waals surface area contributed by atoms with Gasteiger partial charge in [0.05, 0.1) is 6.61 Å². The zero-order valence-corrected chi connectivity index (χ0v) is 14.1. The number of carbonyl (C=O) groups is 1. The SMILES string of the molecule is Cc1cc(C(=O)N2CCC(COc3ncccc3C(F)(F)F)CC2)no1. The Balaban J connectivity index is 1.53. The zero-order chi connectivity index (χ0) is 18.7. The summed E-state index contributed by atoms with van der Waals surface area (Å²) in [7, 11) is 0. The molecule has 0 aliphatic carbocycles. The highest BCUT2D eigenvalue weighted by atomic mass is 19.4. The molecular formula is C17H18F3N3O3. The number of piperidine rings is 1. The van der Waals surface area contributed by atoms with Crippen molar-refractivity contribution in [3.8, 4) is 5.88 Å². The molecule has 0 N–H and O–H groups in total. The molecule has 3 rings (SSSR count). The maximum atomic E-state index is 12.9. The number of nitrogens with zero attached hydrogens (tertiary/aromatic N) is 3. The molecule has 2 aromatic heterocycles. The summed E-state index contributed by atoms with van der Waals surface area (Å²) in [5.74, 6) is 0.00975. The number of ether oxygens (including phenoxy) is 1. The number of amides is 1. The summed E-state index contributed by atoms with van der Waals surface area (Å²) in [6, 6.07) is 3.76. The monoisotopic (exact) mass is 369 g/mol. The van der Waals surface area contributed by atoms with Crippen LogP contribution in [-0.2, 0) is 6.18 Å². The predicted molar refractivity (Wildman–Crippen MR) is 84.6 cm³/mol. The van der Waals surface area contributed by atoms with Crippen molar-refractivity contribution in [2.75, 3.05) is 19.7 Å². The van der Waals surface area contributed by atoms with Crippen LogP contribution in [0.25, 0.3) is 0 Å². The number of aryl methyl sites for hydroxylation is 1. The summed E-state index contributed by atoms with van der Waals surface area (Å²) in [6.45, 7) is 2.82. The van der Waals surface area contributed by atoms with Crippen LogP contribution >= 0.6 is 0 Å². The van der Waals surface area contributed by atoms with E-state index in [1.807, 2.05) is 0 Å². The number of likely N-dealkylation sites (tertiary alicyclic amines) is 1. The molecule has 0 unspecified atom stereocenters. The molecule has 2 aromatic rings. The Morgan fingerprint density at radius 2 is 2.12 bits per heavy atom. The van der Waals surface area contributed by atoms with E-state index in [0.29, 0.717) is 31.7 Å². The first-order valence-electron chi connectivity index (χ1n) is 8.22. The van der Waals surface area contributed by atoms with Gasteiger partial charge in [0.1, 0.15) is 11.3 Å². The minimum atomic E-state index is -4.50. The van der Waals surface area contributed by atoms with Crippen molar-refractivity contribution in [2.45, 2.75) is 25.9 Å². The van der Waals surface area contributed by atoms with Crippen LogP contribution in [-0.4, -0.2) is 40.6 Å². The van der Waals surface area contributed by atoms with Gasteiger partial charge >= 0.3 is 6.18 Å². The van der Waals surface area contributed by atoms with Gasteiger partial charge in [0.25, 0.3) is 5.91 Å². The van der Waals surface area contributed by atoms with Gasteiger partial charge < -0.3 is 14.2 Å². The van der Waals surface area contributed by atoms with Gasteiger partial charge in [-0.25, -0.2) is 4.98 Å². The highest BCUT2D eigenvalue weighted by Gasteiger charge is 2.35. The van der Waals surface area contributed by atoms with E-state index in [-0.39, 0.29) is 24.1 Å². The Morgan fingerprint density at radius 1 is 1.38 bits per heavy atom. The van der Waals surface area contributed by atoms with E-state index in [4.69, 9.17) is 9.26 Å². The van der Waals surface area contributed by atoms with Crippen LogP contribution in [0.3, 0.4) is 0 Å². The smallest absolute Gasteiger partial charge is 0.421 e. The molecule has 0 spiro atoms. The molecule has 3 heterocycles. The Bertz CT molecular complexity index is 768. The molecule has 0 bridgehead atoms. The van der Waals surface area contributed by atoms with Gasteiger partial charge in [-0.05, 0) is 37.8 Å². The lowest BCUT2D eigenvalue weighted by Crippen LogP contribution is -2.39. The van der Waals surface area contributed by atoms with Crippen molar-refractivity contribution >= 4 is 5.91 Å². The van der Waals surface area contributed by atoms with Gasteiger partial charge in [0.15, 0.2) is 5.69 Å². The van der Waals surface area contributed by atoms with Crippen LogP contribution in [0.4, 0.5) is 13.2 Å². The second-order valence-electron chi connectivity index (χ2n) is 6.22. The largest absolute Gasteiger partial charge is 0.477 e. The highest BCUT2D eigenvalue weighted by Crippen LogP contribution is 2.35. The summed E-state index contributed by atoms with van der Waals surface area (Å²) in [5, 5.41) is 3.71. The predicted octanol–water partition coefficient (Wildman–Crippen LogP) is 3.33. The second kappa shape index (κ2) is 7.35. The van der Waals surface area contributed by atoms with E-state index in [9.17, 15) is 18.0 Å². The van der Waals surface area contributed by atoms with Crippen molar-refractivity contribution in [1.82, 2.24) is 15.0 Å². The van der Waals surface area contributed by atoms with Crippen LogP contribution in [0, 0.1) is 12.8 Å². The fourth-order valence-electron chi connectivity index (χ4n) is 2.85. The lowest BCUT2D eigenvalue weighted by Gasteiger charge is -2.31. The van der Waals surface area contributed by atoms with E-state index < -0.39 is 17.6 Å². The molecule has 1 aliphatic heterocycles. The molecule has 0 aromatic carbocycles. The van der Waals surface area contributed by atoms with Gasteiger partial charge in [0.2, 0.25) is 5.88 Å². The Hall–Kier alpha value is -2.58. The summed E-state index contributed by atoms with van der Waals surface area (Å²) in [5.41, 5.74) is -0.616. The van der Waals surface area contributed by atoms with Gasteiger partial charge in [-0.1, -0.05) is 5.16 Å². The molecular weight excluding hydrogens is 351 g/mol. The van der Waals surface area contributed by atoms with E-state index in [2.05, 4.69) is 10.1 Å². The maximum Gasteiger partial charge on any atom is 0.421 e. The van der Waals surface area contributed by atoms with Crippen molar-refractivity contribution in [1.29, 1.82) is 0 Å². The van der Waals surface area contributed by atoms with Crippen molar-refractivity contribution in [3.05, 3.63) is 41.4 Å². The minimum Gasteiger partial charge on any atom is -0.477 e. The second-order valence-corrected chi connectivity index (χ2v) is 6.22. The molecule has 0 radical (unpaired) electrons. The van der Waals surface area contributed by atoms with Crippen LogP contribution in [0.1, 0.15) is 34.7 Å². The third-order valence-corrected chi connectivity index (χ3v) is 4.28. The Labute approximate surface area is 147 Å². The molecule has 1 saturated heterocycles. The number of hydrogen-bond acceptors (Lipinski definition) is 5. The zero-order valence-electron chi connectivity index (χ0n) is 14.1. The summed E-state index contributed by atoms with van der Waals surface area (Å²) in [4.78, 5) is 17.6. The van der Waals surface area contributed by atoms with Crippen molar-refractivity contribution in [2.24, 2.45) is 5.92 Å². The first kappa shape index (κ1) is 18.2. The lowest BCUT2D eigenvalue weighted by atomic mass is 9.97. The number of halogens is 3. The normalized spacial score (nSPS) is 15.9. The molecule has 0 saturated carbocycles. The highest BCUT2D eigenvalue weighted by molar-refractivity contribution is 5.92. The first-order valence-corrected chi connectivity index (χ1v) is 8.22. The average Bonchev–Trinajstić information content (AvgIpc) is 3.06. The molecule has 140 valence electrons. The van der Waals surface area contributed by atoms with Gasteiger partial charge in [-0.2, -0.15) is 13.2 Å². The molecule has 0 atom stereocenters. The molecule has 26 heavy (non-hydrogen) atoms. The molecule has 1 aliphatic rings.